The van der Waals surface area contributed by atoms with Gasteiger partial charge in [-0.05, 0) is 43.4 Å². The van der Waals surface area contributed by atoms with Crippen molar-refractivity contribution < 1.29 is 9.53 Å². The Kier molecular flexibility index (Phi) is 7.40. The van der Waals surface area contributed by atoms with Crippen LogP contribution in [0, 0.1) is 0 Å². The molecule has 30 heavy (non-hydrogen) atoms. The van der Waals surface area contributed by atoms with Gasteiger partial charge in [-0.15, -0.1) is 0 Å². The van der Waals surface area contributed by atoms with E-state index in [1.54, 1.807) is 16.8 Å². The van der Waals surface area contributed by atoms with Crippen LogP contribution in [0.1, 0.15) is 22.7 Å². The molecule has 0 saturated carbocycles. The number of nitrogens with zero attached hydrogens (tertiary/aromatic N) is 3. The summed E-state index contributed by atoms with van der Waals surface area (Å²) in [4.78, 5) is 14.4. The summed E-state index contributed by atoms with van der Waals surface area (Å²) in [6.45, 7) is 1.01. The lowest BCUT2D eigenvalue weighted by molar-refractivity contribution is -0.116. The van der Waals surface area contributed by atoms with E-state index in [1.807, 2.05) is 88.1 Å². The van der Waals surface area contributed by atoms with Crippen molar-refractivity contribution in [3.63, 3.8) is 0 Å². The predicted molar refractivity (Wildman–Crippen MR) is 119 cm³/mol. The van der Waals surface area contributed by atoms with Crippen LogP contribution in [0.3, 0.4) is 0 Å². The van der Waals surface area contributed by atoms with Gasteiger partial charge in [-0.1, -0.05) is 42.5 Å². The molecule has 0 aliphatic carbocycles. The fraction of sp³-hybridized carbons (Fsp3) is 0.250. The van der Waals surface area contributed by atoms with Gasteiger partial charge in [-0.25, -0.2) is 0 Å². The van der Waals surface area contributed by atoms with Crippen molar-refractivity contribution in [1.82, 2.24) is 20.0 Å². The van der Waals surface area contributed by atoms with Crippen LogP contribution >= 0.6 is 0 Å². The number of likely N-dealkylation sites (N-methyl/N-ethyl adjacent to an activating group) is 1. The smallest absolute Gasteiger partial charge is 0.244 e. The fourth-order valence-corrected chi connectivity index (χ4v) is 3.09. The average Bonchev–Trinajstić information content (AvgIpc) is 3.17. The monoisotopic (exact) mass is 404 g/mol. The van der Waals surface area contributed by atoms with Crippen LogP contribution in [0.2, 0.25) is 0 Å². The third kappa shape index (κ3) is 6.32. The zero-order valence-electron chi connectivity index (χ0n) is 17.7. The van der Waals surface area contributed by atoms with E-state index >= 15 is 0 Å². The minimum atomic E-state index is -0.138. The van der Waals surface area contributed by atoms with Crippen LogP contribution in [-0.2, 0) is 18.4 Å². The molecule has 1 atom stereocenters. The number of hydrogen-bond donors (Lipinski definition) is 1. The minimum absolute atomic E-state index is 0.0609. The van der Waals surface area contributed by atoms with E-state index in [2.05, 4.69) is 15.3 Å². The van der Waals surface area contributed by atoms with Crippen molar-refractivity contribution in [3.05, 3.63) is 89.8 Å². The Morgan fingerprint density at radius 1 is 1.20 bits per heavy atom. The molecule has 1 heterocycles. The maximum atomic E-state index is 12.3. The Morgan fingerprint density at radius 2 is 2.00 bits per heavy atom. The summed E-state index contributed by atoms with van der Waals surface area (Å²) >= 11 is 0. The molecule has 0 fully saturated rings. The molecule has 0 aliphatic rings. The van der Waals surface area contributed by atoms with Crippen LogP contribution in [-0.4, -0.2) is 41.2 Å². The van der Waals surface area contributed by atoms with Crippen molar-refractivity contribution in [2.75, 3.05) is 20.6 Å². The molecule has 1 N–H and O–H groups in total. The lowest BCUT2D eigenvalue weighted by Crippen LogP contribution is -2.33. The quantitative estimate of drug-likeness (QED) is 0.555. The van der Waals surface area contributed by atoms with E-state index in [-0.39, 0.29) is 11.9 Å². The van der Waals surface area contributed by atoms with Gasteiger partial charge in [0, 0.05) is 31.4 Å². The third-order valence-electron chi connectivity index (χ3n) is 4.74. The molecule has 0 bridgehead atoms. The van der Waals surface area contributed by atoms with Crippen molar-refractivity contribution in [1.29, 1.82) is 0 Å². The zero-order chi connectivity index (χ0) is 21.3. The van der Waals surface area contributed by atoms with E-state index in [0.717, 1.165) is 22.4 Å². The minimum Gasteiger partial charge on any atom is -0.489 e. The van der Waals surface area contributed by atoms with Crippen LogP contribution in [0.4, 0.5) is 0 Å². The molecule has 2 aromatic carbocycles. The van der Waals surface area contributed by atoms with Gasteiger partial charge >= 0.3 is 0 Å². The first-order valence-corrected chi connectivity index (χ1v) is 9.89. The molecule has 1 amide bonds. The van der Waals surface area contributed by atoms with Gasteiger partial charge in [0.2, 0.25) is 5.91 Å². The summed E-state index contributed by atoms with van der Waals surface area (Å²) in [7, 11) is 5.86. The SMILES string of the molecule is CN(C)C(CNC(=O)/C=C/c1cccc(OCc2ccccc2)c1)c1cnn(C)c1. The van der Waals surface area contributed by atoms with Crippen molar-refractivity contribution >= 4 is 12.0 Å². The molecule has 6 nitrogen and oxygen atoms in total. The highest BCUT2D eigenvalue weighted by Gasteiger charge is 2.16. The number of amides is 1. The van der Waals surface area contributed by atoms with Gasteiger partial charge in [-0.2, -0.15) is 5.10 Å². The van der Waals surface area contributed by atoms with Crippen molar-refractivity contribution in [3.8, 4) is 5.75 Å². The molecule has 1 aromatic heterocycles. The lowest BCUT2D eigenvalue weighted by Gasteiger charge is -2.23. The summed E-state index contributed by atoms with van der Waals surface area (Å²) in [5.41, 5.74) is 3.09. The van der Waals surface area contributed by atoms with Crippen molar-refractivity contribution in [2.24, 2.45) is 7.05 Å². The molecule has 1 unspecified atom stereocenters. The Hall–Kier alpha value is -3.38. The Morgan fingerprint density at radius 3 is 2.70 bits per heavy atom. The molecule has 0 aliphatic heterocycles. The van der Waals surface area contributed by atoms with E-state index < -0.39 is 0 Å². The normalized spacial score (nSPS) is 12.3. The van der Waals surface area contributed by atoms with E-state index in [9.17, 15) is 4.79 Å². The second kappa shape index (κ2) is 10.4. The highest BCUT2D eigenvalue weighted by molar-refractivity contribution is 5.91. The summed E-state index contributed by atoms with van der Waals surface area (Å²) in [6, 6.07) is 17.8. The first-order chi connectivity index (χ1) is 14.5. The first kappa shape index (κ1) is 21.3. The van der Waals surface area contributed by atoms with Gasteiger partial charge in [0.05, 0.1) is 12.2 Å². The number of aryl methyl sites for hydroxylation is 1. The largest absolute Gasteiger partial charge is 0.489 e. The molecule has 3 aromatic rings. The van der Waals surface area contributed by atoms with Gasteiger partial charge in [0.15, 0.2) is 0 Å². The molecule has 0 spiro atoms. The number of hydrogen-bond acceptors (Lipinski definition) is 4. The van der Waals surface area contributed by atoms with Crippen LogP contribution in [0.5, 0.6) is 5.75 Å². The topological polar surface area (TPSA) is 59.4 Å². The van der Waals surface area contributed by atoms with Gasteiger partial charge in [0.1, 0.15) is 12.4 Å². The maximum absolute atomic E-state index is 12.3. The fourth-order valence-electron chi connectivity index (χ4n) is 3.09. The number of nitrogens with one attached hydrogen (secondary N) is 1. The summed E-state index contributed by atoms with van der Waals surface area (Å²) < 4.78 is 7.61. The Balaban J connectivity index is 1.54. The Labute approximate surface area is 177 Å². The zero-order valence-corrected chi connectivity index (χ0v) is 17.7. The summed E-state index contributed by atoms with van der Waals surface area (Å²) in [5, 5.41) is 7.18. The molecule has 6 heteroatoms. The van der Waals surface area contributed by atoms with Crippen LogP contribution < -0.4 is 10.1 Å². The number of aromatic nitrogens is 2. The van der Waals surface area contributed by atoms with E-state index in [0.29, 0.717) is 13.2 Å². The average molecular weight is 405 g/mol. The lowest BCUT2D eigenvalue weighted by atomic mass is 10.1. The van der Waals surface area contributed by atoms with Gasteiger partial charge in [-0.3, -0.25) is 9.48 Å². The summed E-state index contributed by atoms with van der Waals surface area (Å²) in [5.74, 6) is 0.631. The highest BCUT2D eigenvalue weighted by Crippen LogP contribution is 2.17. The number of rotatable bonds is 9. The second-order valence-electron chi connectivity index (χ2n) is 7.35. The summed E-state index contributed by atoms with van der Waals surface area (Å²) in [6.07, 6.45) is 7.13. The molecule has 3 rings (SSSR count). The number of carbonyl (C=O) groups is 1. The molecular weight excluding hydrogens is 376 g/mol. The Bertz CT molecular complexity index is 980. The number of ether oxygens (including phenoxy) is 1. The standard InChI is InChI=1S/C24H28N4O2/c1-27(2)23(21-15-26-28(3)17-21)16-25-24(29)13-12-19-10-7-11-22(14-19)30-18-20-8-5-4-6-9-20/h4-15,17,23H,16,18H2,1-3H3,(H,25,29)/b13-12+. The van der Waals surface area contributed by atoms with Crippen LogP contribution in [0.15, 0.2) is 73.1 Å². The number of carbonyl (C=O) groups excluding carboxylic acids is 1. The van der Waals surface area contributed by atoms with Crippen LogP contribution in [0.25, 0.3) is 6.08 Å². The van der Waals surface area contributed by atoms with E-state index in [1.165, 1.54) is 0 Å². The molecule has 0 saturated heterocycles. The predicted octanol–water partition coefficient (Wildman–Crippen LogP) is 3.43. The highest BCUT2D eigenvalue weighted by atomic mass is 16.5. The van der Waals surface area contributed by atoms with Crippen molar-refractivity contribution in [2.45, 2.75) is 12.6 Å². The molecular formula is C24H28N4O2. The second-order valence-corrected chi connectivity index (χ2v) is 7.35. The van der Waals surface area contributed by atoms with Gasteiger partial charge in [0.25, 0.3) is 0 Å². The molecule has 0 radical (unpaired) electrons. The number of benzene rings is 2. The third-order valence-corrected chi connectivity index (χ3v) is 4.74. The molecule has 156 valence electrons. The van der Waals surface area contributed by atoms with E-state index in [4.69, 9.17) is 4.74 Å². The first-order valence-electron chi connectivity index (χ1n) is 9.89. The maximum Gasteiger partial charge on any atom is 0.244 e. The van der Waals surface area contributed by atoms with Gasteiger partial charge < -0.3 is 15.0 Å².